The van der Waals surface area contributed by atoms with E-state index in [4.69, 9.17) is 0 Å². The average Bonchev–Trinajstić information content (AvgIpc) is 3.49. The van der Waals surface area contributed by atoms with Crippen molar-refractivity contribution in [3.63, 3.8) is 0 Å². The standard InChI is InChI=1S/C55H86N2/c1-7-13-19-20-21-22-23-24-25-26-27-28-33-39-53-52(38-18-12-6)54(50-42-46(34-29-14-8-2)40-47(43-50)35-30-15-9-3)57(56)55(53)51-44-48(36-31-16-10-4)41-49(45-51)37-32-17-11-5/h38,40-45,56H,7-32,34-37H2,1-6H3. The van der Waals surface area contributed by atoms with E-state index in [2.05, 4.69) is 95.9 Å². The highest BCUT2D eigenvalue weighted by molar-refractivity contribution is 6.17. The Morgan fingerprint density at radius 3 is 1.26 bits per heavy atom. The molecule has 0 amide bonds. The Kier molecular flexibility index (Phi) is 25.5. The summed E-state index contributed by atoms with van der Waals surface area (Å²) in [6.07, 6.45) is 39.5. The fraction of sp³-hybridized carbons (Fsp3) is 0.655. The van der Waals surface area contributed by atoms with Crippen LogP contribution in [-0.2, 0) is 25.7 Å². The van der Waals surface area contributed by atoms with Crippen molar-refractivity contribution in [2.45, 2.75) is 234 Å². The molecular weight excluding hydrogens is 689 g/mol. The van der Waals surface area contributed by atoms with Crippen molar-refractivity contribution in [2.75, 3.05) is 0 Å². The average molecular weight is 775 g/mol. The minimum Gasteiger partial charge on any atom is -0.448 e. The Bertz CT molecular complexity index is 1520. The van der Waals surface area contributed by atoms with E-state index >= 15 is 0 Å². The first-order valence-electron chi connectivity index (χ1n) is 24.6. The smallest absolute Gasteiger partial charge is 0.225 e. The van der Waals surface area contributed by atoms with Crippen LogP contribution in [0.5, 0.6) is 0 Å². The van der Waals surface area contributed by atoms with Gasteiger partial charge in [-0.2, -0.15) is 0 Å². The van der Waals surface area contributed by atoms with E-state index in [1.807, 2.05) is 4.68 Å². The molecule has 1 aliphatic heterocycles. The van der Waals surface area contributed by atoms with Crippen molar-refractivity contribution in [1.29, 1.82) is 0 Å². The number of hydrogen-bond acceptors (Lipinski definition) is 0. The monoisotopic (exact) mass is 775 g/mol. The summed E-state index contributed by atoms with van der Waals surface area (Å²) in [6, 6.07) is 14.6. The summed E-state index contributed by atoms with van der Waals surface area (Å²) in [5.74, 6) is 17.6. The molecule has 0 saturated heterocycles. The van der Waals surface area contributed by atoms with Crippen molar-refractivity contribution in [1.82, 2.24) is 0 Å². The second kappa shape index (κ2) is 30.1. The van der Waals surface area contributed by atoms with Crippen molar-refractivity contribution < 1.29 is 4.68 Å². The van der Waals surface area contributed by atoms with Crippen LogP contribution in [-0.4, -0.2) is 10.4 Å². The third kappa shape index (κ3) is 17.8. The van der Waals surface area contributed by atoms with Gasteiger partial charge in [0.05, 0.1) is 5.57 Å². The second-order valence-corrected chi connectivity index (χ2v) is 17.3. The van der Waals surface area contributed by atoms with Gasteiger partial charge in [0.1, 0.15) is 5.57 Å². The molecule has 2 aromatic rings. The van der Waals surface area contributed by atoms with Crippen LogP contribution in [0.4, 0.5) is 0 Å². The zero-order chi connectivity index (χ0) is 40.9. The highest BCUT2D eigenvalue weighted by atomic mass is 15.3. The first-order chi connectivity index (χ1) is 28.0. The molecule has 0 radical (unpaired) electrons. The minimum atomic E-state index is 0.927. The summed E-state index contributed by atoms with van der Waals surface area (Å²) in [7, 11) is 0. The molecule has 0 saturated carbocycles. The van der Waals surface area contributed by atoms with E-state index in [9.17, 15) is 5.84 Å². The van der Waals surface area contributed by atoms with Gasteiger partial charge in [-0.25, -0.2) is 4.68 Å². The van der Waals surface area contributed by atoms with E-state index < -0.39 is 0 Å². The van der Waals surface area contributed by atoms with E-state index in [0.29, 0.717) is 0 Å². The van der Waals surface area contributed by atoms with E-state index in [1.165, 1.54) is 180 Å². The molecule has 0 aliphatic carbocycles. The lowest BCUT2D eigenvalue weighted by atomic mass is 9.90. The number of unbranched alkanes of at least 4 members (excludes halogenated alkanes) is 20. The van der Waals surface area contributed by atoms with Gasteiger partial charge in [0.15, 0.2) is 0 Å². The predicted molar refractivity (Wildman–Crippen MR) is 253 cm³/mol. The van der Waals surface area contributed by atoms with Crippen LogP contribution in [0.1, 0.15) is 242 Å². The van der Waals surface area contributed by atoms with Gasteiger partial charge in [0, 0.05) is 17.5 Å². The second-order valence-electron chi connectivity index (χ2n) is 17.3. The molecule has 0 atom stereocenters. The lowest BCUT2D eigenvalue weighted by Gasteiger charge is -2.13. The molecule has 1 heterocycles. The Labute approximate surface area is 353 Å². The van der Waals surface area contributed by atoms with Crippen molar-refractivity contribution >= 4 is 11.4 Å². The van der Waals surface area contributed by atoms with Crippen molar-refractivity contribution in [3.8, 4) is 11.8 Å². The minimum absolute atomic E-state index is 0.927. The maximum absolute atomic E-state index is 10.1. The van der Waals surface area contributed by atoms with Gasteiger partial charge in [-0.3, -0.25) is 0 Å². The fourth-order valence-electron chi connectivity index (χ4n) is 8.48. The summed E-state index contributed by atoms with van der Waals surface area (Å²) in [4.78, 5) is 0. The maximum atomic E-state index is 10.1. The maximum Gasteiger partial charge on any atom is 0.225 e. The number of benzene rings is 2. The van der Waals surface area contributed by atoms with Crippen LogP contribution in [0.2, 0.25) is 0 Å². The van der Waals surface area contributed by atoms with Gasteiger partial charge < -0.3 is 5.84 Å². The molecule has 0 bridgehead atoms. The Balaban J connectivity index is 2.07. The van der Waals surface area contributed by atoms with Crippen LogP contribution in [0, 0.1) is 11.8 Å². The number of nitrogens with zero attached hydrogens (tertiary/aromatic N) is 1. The quantitative estimate of drug-likeness (QED) is 0.0414. The normalized spacial score (nSPS) is 13.6. The Hall–Kier alpha value is -3.05. The van der Waals surface area contributed by atoms with Gasteiger partial charge in [0.25, 0.3) is 0 Å². The first kappa shape index (κ1) is 48.3. The van der Waals surface area contributed by atoms with Crippen LogP contribution in [0.3, 0.4) is 0 Å². The molecule has 2 aromatic carbocycles. The third-order valence-electron chi connectivity index (χ3n) is 11.9. The van der Waals surface area contributed by atoms with Gasteiger partial charge >= 0.3 is 0 Å². The van der Waals surface area contributed by atoms with Crippen LogP contribution < -0.4 is 0 Å². The molecule has 0 fully saturated rings. The molecule has 0 unspecified atom stereocenters. The Morgan fingerprint density at radius 1 is 0.456 bits per heavy atom. The number of rotatable bonds is 31. The zero-order valence-electron chi connectivity index (χ0n) is 38.2. The van der Waals surface area contributed by atoms with Gasteiger partial charge in [0.2, 0.25) is 11.4 Å². The molecule has 2 heteroatoms. The molecule has 0 aromatic heterocycles. The fourth-order valence-corrected chi connectivity index (χ4v) is 8.48. The highest BCUT2D eigenvalue weighted by Gasteiger charge is 2.35. The lowest BCUT2D eigenvalue weighted by Crippen LogP contribution is -2.13. The van der Waals surface area contributed by atoms with Crippen molar-refractivity contribution in [3.05, 3.63) is 92.8 Å². The summed E-state index contributed by atoms with van der Waals surface area (Å²) < 4.78 is 1.82. The van der Waals surface area contributed by atoms with E-state index in [-0.39, 0.29) is 0 Å². The summed E-state index contributed by atoms with van der Waals surface area (Å²) >= 11 is 0. The molecule has 57 heavy (non-hydrogen) atoms. The summed E-state index contributed by atoms with van der Waals surface area (Å²) in [5.41, 5.74) is 12.4. The number of hydrogen-bond donors (Lipinski definition) is 0. The van der Waals surface area contributed by atoms with Crippen LogP contribution >= 0.6 is 0 Å². The summed E-state index contributed by atoms with van der Waals surface area (Å²) in [6.45, 7) is 13.8. The number of aryl methyl sites for hydroxylation is 4. The lowest BCUT2D eigenvalue weighted by molar-refractivity contribution is -0.347. The largest absolute Gasteiger partial charge is 0.448 e. The molecule has 2 nitrogen and oxygen atoms in total. The predicted octanol–water partition coefficient (Wildman–Crippen LogP) is 17.2. The molecule has 1 N–H and O–H groups in total. The SMILES string of the molecule is CCCC=C1C(C#CCCCCCCCCCCCCC)=C(c2cc(CCCCC)cc(CCCCC)c2)[N+]([NH-])=C1c1cc(CCCCC)cc(CCCCC)c1. The molecule has 0 spiro atoms. The molecular formula is C55H86N2. The van der Waals surface area contributed by atoms with Gasteiger partial charge in [-0.1, -0.05) is 194 Å². The van der Waals surface area contributed by atoms with Gasteiger partial charge in [-0.15, -0.1) is 0 Å². The molecule has 3 rings (SSSR count). The highest BCUT2D eigenvalue weighted by Crippen LogP contribution is 2.37. The van der Waals surface area contributed by atoms with E-state index in [1.54, 1.807) is 0 Å². The molecule has 316 valence electrons. The Morgan fingerprint density at radius 2 is 0.842 bits per heavy atom. The number of allylic oxidation sites excluding steroid dienone is 3. The summed E-state index contributed by atoms with van der Waals surface area (Å²) in [5, 5.41) is 0. The van der Waals surface area contributed by atoms with E-state index in [0.717, 1.165) is 68.3 Å². The van der Waals surface area contributed by atoms with Crippen LogP contribution in [0.15, 0.2) is 53.6 Å². The number of nitrogens with one attached hydrogen (secondary N) is 1. The third-order valence-corrected chi connectivity index (χ3v) is 11.9. The molecule has 1 aliphatic rings. The van der Waals surface area contributed by atoms with Gasteiger partial charge in [-0.05, 0) is 111 Å². The van der Waals surface area contributed by atoms with Crippen molar-refractivity contribution in [2.24, 2.45) is 0 Å². The van der Waals surface area contributed by atoms with Crippen LogP contribution in [0.25, 0.3) is 11.5 Å². The first-order valence-corrected chi connectivity index (χ1v) is 24.6. The zero-order valence-corrected chi connectivity index (χ0v) is 38.2. The topological polar surface area (TPSA) is 26.8 Å².